The van der Waals surface area contributed by atoms with Gasteiger partial charge in [-0.15, -0.1) is 12.4 Å². The summed E-state index contributed by atoms with van der Waals surface area (Å²) in [7, 11) is 0. The number of hydrogen-bond donors (Lipinski definition) is 2. The first-order chi connectivity index (χ1) is 6.84. The Balaban J connectivity index is 0.00000196. The summed E-state index contributed by atoms with van der Waals surface area (Å²) in [6.07, 6.45) is 1.89. The van der Waals surface area contributed by atoms with Gasteiger partial charge in [-0.25, -0.2) is 0 Å². The third-order valence-electron chi connectivity index (χ3n) is 1.95. The van der Waals surface area contributed by atoms with Crippen LogP contribution in [0.5, 0.6) is 0 Å². The molecule has 1 aromatic carbocycles. The zero-order valence-electron chi connectivity index (χ0n) is 8.61. The smallest absolute Gasteiger partial charge is 0.251 e. The number of halogens is 1. The molecule has 15 heavy (non-hydrogen) atoms. The van der Waals surface area contributed by atoms with Crippen LogP contribution in [0.2, 0.25) is 0 Å². The molecule has 4 heteroatoms. The number of rotatable bonds is 5. The van der Waals surface area contributed by atoms with E-state index < -0.39 is 0 Å². The number of carbonyl (C=O) groups excluding carboxylic acids is 1. The number of nitrogens with one attached hydrogen (secondary N) is 1. The Hall–Kier alpha value is -1.06. The van der Waals surface area contributed by atoms with E-state index in [-0.39, 0.29) is 18.3 Å². The molecule has 1 amide bonds. The molecule has 0 aromatic heterocycles. The second kappa shape index (κ2) is 8.26. The molecule has 0 unspecified atom stereocenters. The van der Waals surface area contributed by atoms with Crippen molar-refractivity contribution in [2.24, 2.45) is 5.73 Å². The first-order valence-corrected chi connectivity index (χ1v) is 4.88. The van der Waals surface area contributed by atoms with Crippen LogP contribution in [0, 0.1) is 0 Å². The number of hydrogen-bond acceptors (Lipinski definition) is 2. The molecule has 3 N–H and O–H groups in total. The van der Waals surface area contributed by atoms with Crippen LogP contribution in [0.3, 0.4) is 0 Å². The molecule has 0 heterocycles. The quantitative estimate of drug-likeness (QED) is 0.752. The van der Waals surface area contributed by atoms with Gasteiger partial charge in [0.25, 0.3) is 5.91 Å². The highest BCUT2D eigenvalue weighted by Crippen LogP contribution is 1.97. The van der Waals surface area contributed by atoms with Crippen molar-refractivity contribution in [3.05, 3.63) is 35.9 Å². The van der Waals surface area contributed by atoms with Crippen LogP contribution >= 0.6 is 12.4 Å². The average Bonchev–Trinajstić information content (AvgIpc) is 2.25. The summed E-state index contributed by atoms with van der Waals surface area (Å²) in [4.78, 5) is 11.5. The van der Waals surface area contributed by atoms with Gasteiger partial charge in [-0.3, -0.25) is 4.79 Å². The first kappa shape index (κ1) is 13.9. The Morgan fingerprint density at radius 2 is 1.87 bits per heavy atom. The van der Waals surface area contributed by atoms with Crippen LogP contribution in [-0.4, -0.2) is 19.0 Å². The Bertz CT molecular complexity index is 277. The van der Waals surface area contributed by atoms with Crippen molar-refractivity contribution in [2.45, 2.75) is 12.8 Å². The SMILES string of the molecule is Cl.NCCCCNC(=O)c1ccccc1. The molecule has 0 fully saturated rings. The number of nitrogens with two attached hydrogens (primary N) is 1. The van der Waals surface area contributed by atoms with Gasteiger partial charge in [0.2, 0.25) is 0 Å². The number of benzene rings is 1. The molecule has 3 nitrogen and oxygen atoms in total. The molecule has 84 valence electrons. The van der Waals surface area contributed by atoms with Gasteiger partial charge in [0.1, 0.15) is 0 Å². The third-order valence-corrected chi connectivity index (χ3v) is 1.95. The van der Waals surface area contributed by atoms with Gasteiger partial charge in [-0.1, -0.05) is 18.2 Å². The maximum Gasteiger partial charge on any atom is 0.251 e. The Kier molecular flexibility index (Phi) is 7.68. The lowest BCUT2D eigenvalue weighted by atomic mass is 10.2. The van der Waals surface area contributed by atoms with E-state index in [0.717, 1.165) is 12.8 Å². The fraction of sp³-hybridized carbons (Fsp3) is 0.364. The molecular weight excluding hydrogens is 212 g/mol. The van der Waals surface area contributed by atoms with E-state index in [1.165, 1.54) is 0 Å². The molecule has 0 spiro atoms. The Morgan fingerprint density at radius 3 is 2.47 bits per heavy atom. The van der Waals surface area contributed by atoms with Gasteiger partial charge in [0, 0.05) is 12.1 Å². The van der Waals surface area contributed by atoms with Gasteiger partial charge in [0.05, 0.1) is 0 Å². The first-order valence-electron chi connectivity index (χ1n) is 4.88. The van der Waals surface area contributed by atoms with Gasteiger partial charge in [0.15, 0.2) is 0 Å². The molecule has 0 aliphatic heterocycles. The number of carbonyl (C=O) groups is 1. The van der Waals surface area contributed by atoms with E-state index in [0.29, 0.717) is 18.7 Å². The second-order valence-electron chi connectivity index (χ2n) is 3.12. The van der Waals surface area contributed by atoms with E-state index in [1.807, 2.05) is 18.2 Å². The van der Waals surface area contributed by atoms with Gasteiger partial charge < -0.3 is 11.1 Å². The lowest BCUT2D eigenvalue weighted by Crippen LogP contribution is -2.24. The topological polar surface area (TPSA) is 55.1 Å². The number of unbranched alkanes of at least 4 members (excludes halogenated alkanes) is 1. The minimum Gasteiger partial charge on any atom is -0.352 e. The standard InChI is InChI=1S/C11H16N2O.ClH/c12-8-4-5-9-13-11(14)10-6-2-1-3-7-10;/h1-3,6-7H,4-5,8-9,12H2,(H,13,14);1H. The van der Waals surface area contributed by atoms with E-state index >= 15 is 0 Å². The molecule has 0 saturated carbocycles. The Morgan fingerprint density at radius 1 is 1.20 bits per heavy atom. The average molecular weight is 229 g/mol. The summed E-state index contributed by atoms with van der Waals surface area (Å²) in [6.45, 7) is 1.38. The normalized spacial score (nSPS) is 9.13. The monoisotopic (exact) mass is 228 g/mol. The lowest BCUT2D eigenvalue weighted by molar-refractivity contribution is 0.0953. The molecular formula is C11H17ClN2O. The molecule has 0 saturated heterocycles. The highest BCUT2D eigenvalue weighted by atomic mass is 35.5. The van der Waals surface area contributed by atoms with Gasteiger partial charge in [-0.05, 0) is 31.5 Å². The predicted octanol–water partition coefficient (Wildman–Crippen LogP) is 1.58. The van der Waals surface area contributed by atoms with Crippen molar-refractivity contribution in [3.63, 3.8) is 0 Å². The maximum absolute atomic E-state index is 11.5. The fourth-order valence-corrected chi connectivity index (χ4v) is 1.16. The lowest BCUT2D eigenvalue weighted by Gasteiger charge is -2.03. The zero-order chi connectivity index (χ0) is 10.2. The minimum absolute atomic E-state index is 0. The molecule has 0 bridgehead atoms. The van der Waals surface area contributed by atoms with E-state index in [4.69, 9.17) is 5.73 Å². The highest BCUT2D eigenvalue weighted by Gasteiger charge is 2.01. The summed E-state index contributed by atoms with van der Waals surface area (Å²) >= 11 is 0. The van der Waals surface area contributed by atoms with Crippen molar-refractivity contribution in [1.82, 2.24) is 5.32 Å². The largest absolute Gasteiger partial charge is 0.352 e. The van der Waals surface area contributed by atoms with Crippen molar-refractivity contribution in [1.29, 1.82) is 0 Å². The van der Waals surface area contributed by atoms with E-state index in [9.17, 15) is 4.79 Å². The zero-order valence-corrected chi connectivity index (χ0v) is 9.43. The molecule has 1 rings (SSSR count). The van der Waals surface area contributed by atoms with Crippen molar-refractivity contribution < 1.29 is 4.79 Å². The summed E-state index contributed by atoms with van der Waals surface area (Å²) < 4.78 is 0. The molecule has 0 aliphatic carbocycles. The van der Waals surface area contributed by atoms with Crippen LogP contribution in [0.1, 0.15) is 23.2 Å². The summed E-state index contributed by atoms with van der Waals surface area (Å²) in [6, 6.07) is 9.21. The van der Waals surface area contributed by atoms with Crippen LogP contribution in [-0.2, 0) is 0 Å². The molecule has 0 atom stereocenters. The van der Waals surface area contributed by atoms with Crippen molar-refractivity contribution >= 4 is 18.3 Å². The second-order valence-corrected chi connectivity index (χ2v) is 3.12. The predicted molar refractivity (Wildman–Crippen MR) is 64.3 cm³/mol. The third kappa shape index (κ3) is 5.40. The summed E-state index contributed by atoms with van der Waals surface area (Å²) in [5.74, 6) is -0.0115. The molecule has 1 aromatic rings. The number of amides is 1. The Labute approximate surface area is 96.5 Å². The maximum atomic E-state index is 11.5. The summed E-state index contributed by atoms with van der Waals surface area (Å²) in [5.41, 5.74) is 6.05. The van der Waals surface area contributed by atoms with Crippen LogP contribution in [0.15, 0.2) is 30.3 Å². The minimum atomic E-state index is -0.0115. The molecule has 0 aliphatic rings. The van der Waals surface area contributed by atoms with Crippen molar-refractivity contribution in [2.75, 3.05) is 13.1 Å². The van der Waals surface area contributed by atoms with Crippen molar-refractivity contribution in [3.8, 4) is 0 Å². The van der Waals surface area contributed by atoms with E-state index in [2.05, 4.69) is 5.32 Å². The van der Waals surface area contributed by atoms with E-state index in [1.54, 1.807) is 12.1 Å². The van der Waals surface area contributed by atoms with Gasteiger partial charge >= 0.3 is 0 Å². The van der Waals surface area contributed by atoms with Crippen LogP contribution in [0.25, 0.3) is 0 Å². The van der Waals surface area contributed by atoms with Crippen LogP contribution < -0.4 is 11.1 Å². The fourth-order valence-electron chi connectivity index (χ4n) is 1.16. The highest BCUT2D eigenvalue weighted by molar-refractivity contribution is 5.94. The molecule has 0 radical (unpaired) electrons. The van der Waals surface area contributed by atoms with Gasteiger partial charge in [-0.2, -0.15) is 0 Å². The van der Waals surface area contributed by atoms with Crippen LogP contribution in [0.4, 0.5) is 0 Å². The summed E-state index contributed by atoms with van der Waals surface area (Å²) in [5, 5.41) is 2.84.